The van der Waals surface area contributed by atoms with E-state index in [1.165, 1.54) is 11.1 Å². The Morgan fingerprint density at radius 2 is 1.93 bits per heavy atom. The van der Waals surface area contributed by atoms with Crippen LogP contribution in [0.3, 0.4) is 0 Å². The highest BCUT2D eigenvalue weighted by molar-refractivity contribution is 5.81. The summed E-state index contributed by atoms with van der Waals surface area (Å²) in [6, 6.07) is 10.2. The summed E-state index contributed by atoms with van der Waals surface area (Å²) in [6.07, 6.45) is 6.50. The molecule has 1 saturated heterocycles. The van der Waals surface area contributed by atoms with Gasteiger partial charge in [0.25, 0.3) is 0 Å². The molecule has 0 saturated carbocycles. The number of amides is 1. The van der Waals surface area contributed by atoms with Crippen LogP contribution in [0.1, 0.15) is 37.3 Å². The van der Waals surface area contributed by atoms with Crippen LogP contribution in [0.25, 0.3) is 0 Å². The van der Waals surface area contributed by atoms with E-state index in [4.69, 9.17) is 4.99 Å². The van der Waals surface area contributed by atoms with E-state index in [9.17, 15) is 4.79 Å². The average Bonchev–Trinajstić information content (AvgIpc) is 3.41. The van der Waals surface area contributed by atoms with E-state index in [0.717, 1.165) is 45.0 Å². The molecule has 0 radical (unpaired) electrons. The molecule has 7 heteroatoms. The maximum absolute atomic E-state index is 12.2. The van der Waals surface area contributed by atoms with Gasteiger partial charge in [0.2, 0.25) is 5.91 Å². The lowest BCUT2D eigenvalue weighted by Gasteiger charge is -2.16. The molecular weight excluding hydrogens is 352 g/mol. The molecule has 3 rings (SSSR count). The zero-order chi connectivity index (χ0) is 19.6. The van der Waals surface area contributed by atoms with Gasteiger partial charge in [-0.25, -0.2) is 4.99 Å². The molecule has 0 aliphatic carbocycles. The molecule has 1 fully saturated rings. The number of aliphatic imine (C=N–C) groups is 1. The number of nitrogens with zero attached hydrogens (tertiary/aromatic N) is 4. The van der Waals surface area contributed by atoms with Gasteiger partial charge < -0.3 is 15.5 Å². The highest BCUT2D eigenvalue weighted by Gasteiger charge is 2.17. The normalized spacial score (nSPS) is 14.3. The molecule has 2 N–H and O–H groups in total. The summed E-state index contributed by atoms with van der Waals surface area (Å²) in [6.45, 7) is 6.52. The van der Waals surface area contributed by atoms with Crippen molar-refractivity contribution in [3.63, 3.8) is 0 Å². The highest BCUT2D eigenvalue weighted by Crippen LogP contribution is 2.12. The van der Waals surface area contributed by atoms with Crippen LogP contribution in [-0.2, 0) is 17.9 Å². The van der Waals surface area contributed by atoms with Crippen molar-refractivity contribution in [1.29, 1.82) is 0 Å². The number of nitrogens with one attached hydrogen (secondary N) is 2. The molecule has 1 aromatic carbocycles. The number of aromatic nitrogens is 2. The van der Waals surface area contributed by atoms with Gasteiger partial charge in [0.05, 0.1) is 13.1 Å². The maximum atomic E-state index is 12.2. The van der Waals surface area contributed by atoms with Crippen LogP contribution in [0.4, 0.5) is 0 Å². The topological polar surface area (TPSA) is 74.5 Å². The van der Waals surface area contributed by atoms with Gasteiger partial charge in [-0.2, -0.15) is 5.10 Å². The van der Waals surface area contributed by atoms with Crippen LogP contribution in [0.5, 0.6) is 0 Å². The standard InChI is InChI=1S/C21H30N6O/c1-2-22-21(23-12-10-20(28)26-13-5-6-14-26)24-16-18-8-3-4-9-19(18)17-27-15-7-11-25-27/h3-4,7-9,11,15H,2,5-6,10,12-14,16-17H2,1H3,(H2,22,23,24). The molecule has 1 aliphatic rings. The summed E-state index contributed by atoms with van der Waals surface area (Å²) < 4.78 is 1.91. The summed E-state index contributed by atoms with van der Waals surface area (Å²) in [5.74, 6) is 0.969. The fourth-order valence-electron chi connectivity index (χ4n) is 3.35. The van der Waals surface area contributed by atoms with Gasteiger partial charge in [0.1, 0.15) is 0 Å². The third kappa shape index (κ3) is 5.84. The third-order valence-electron chi connectivity index (χ3n) is 4.85. The van der Waals surface area contributed by atoms with Crippen LogP contribution in [0, 0.1) is 0 Å². The van der Waals surface area contributed by atoms with Crippen LogP contribution in [0.2, 0.25) is 0 Å². The Bertz CT molecular complexity index is 765. The number of carbonyl (C=O) groups is 1. The molecular formula is C21H30N6O. The minimum atomic E-state index is 0.227. The Hall–Kier alpha value is -2.83. The second kappa shape index (κ2) is 10.5. The van der Waals surface area contributed by atoms with Crippen molar-refractivity contribution >= 4 is 11.9 Å². The molecule has 0 bridgehead atoms. The fourth-order valence-corrected chi connectivity index (χ4v) is 3.35. The van der Waals surface area contributed by atoms with E-state index >= 15 is 0 Å². The zero-order valence-electron chi connectivity index (χ0n) is 16.6. The van der Waals surface area contributed by atoms with Gasteiger partial charge in [-0.15, -0.1) is 0 Å². The van der Waals surface area contributed by atoms with Crippen molar-refractivity contribution in [2.45, 2.75) is 39.3 Å². The molecule has 2 heterocycles. The van der Waals surface area contributed by atoms with Gasteiger partial charge in [-0.3, -0.25) is 9.48 Å². The first kappa shape index (κ1) is 19.9. The maximum Gasteiger partial charge on any atom is 0.224 e. The summed E-state index contributed by atoms with van der Waals surface area (Å²) in [5.41, 5.74) is 2.37. The van der Waals surface area contributed by atoms with E-state index in [1.807, 2.05) is 40.9 Å². The predicted octanol–water partition coefficient (Wildman–Crippen LogP) is 2.00. The van der Waals surface area contributed by atoms with E-state index < -0.39 is 0 Å². The molecule has 1 aliphatic heterocycles. The Kier molecular flexibility index (Phi) is 7.46. The first-order chi connectivity index (χ1) is 13.8. The molecule has 28 heavy (non-hydrogen) atoms. The van der Waals surface area contributed by atoms with Crippen LogP contribution < -0.4 is 10.6 Å². The lowest BCUT2D eigenvalue weighted by atomic mass is 10.1. The highest BCUT2D eigenvalue weighted by atomic mass is 16.2. The smallest absolute Gasteiger partial charge is 0.224 e. The van der Waals surface area contributed by atoms with Crippen molar-refractivity contribution in [1.82, 2.24) is 25.3 Å². The SMILES string of the molecule is CCNC(=NCc1ccccc1Cn1cccn1)NCCC(=O)N1CCCC1. The van der Waals surface area contributed by atoms with Gasteiger partial charge in [0, 0.05) is 45.0 Å². The molecule has 0 unspecified atom stereocenters. The summed E-state index contributed by atoms with van der Waals surface area (Å²) >= 11 is 0. The monoisotopic (exact) mass is 382 g/mol. The largest absolute Gasteiger partial charge is 0.357 e. The van der Waals surface area contributed by atoms with Crippen molar-refractivity contribution < 1.29 is 4.79 Å². The molecule has 0 atom stereocenters. The first-order valence-electron chi connectivity index (χ1n) is 10.1. The minimum Gasteiger partial charge on any atom is -0.357 e. The summed E-state index contributed by atoms with van der Waals surface area (Å²) in [5, 5.41) is 10.8. The molecule has 7 nitrogen and oxygen atoms in total. The van der Waals surface area contributed by atoms with Crippen LogP contribution in [0.15, 0.2) is 47.7 Å². The Labute approximate surface area is 166 Å². The average molecular weight is 383 g/mol. The van der Waals surface area contributed by atoms with Crippen molar-refractivity contribution in [3.05, 3.63) is 53.9 Å². The zero-order valence-corrected chi connectivity index (χ0v) is 16.6. The second-order valence-electron chi connectivity index (χ2n) is 6.93. The summed E-state index contributed by atoms with van der Waals surface area (Å²) in [4.78, 5) is 18.8. The van der Waals surface area contributed by atoms with E-state index in [1.54, 1.807) is 6.20 Å². The van der Waals surface area contributed by atoms with Crippen molar-refractivity contribution in [2.75, 3.05) is 26.2 Å². The number of rotatable bonds is 8. The van der Waals surface area contributed by atoms with Gasteiger partial charge in [0.15, 0.2) is 5.96 Å². The number of guanidine groups is 1. The second-order valence-corrected chi connectivity index (χ2v) is 6.93. The number of hydrogen-bond acceptors (Lipinski definition) is 3. The quantitative estimate of drug-likeness (QED) is 0.541. The molecule has 1 amide bonds. The van der Waals surface area contributed by atoms with Gasteiger partial charge in [-0.1, -0.05) is 24.3 Å². The van der Waals surface area contributed by atoms with Crippen molar-refractivity contribution in [2.24, 2.45) is 4.99 Å². The molecule has 150 valence electrons. The van der Waals surface area contributed by atoms with Crippen LogP contribution in [-0.4, -0.2) is 52.7 Å². The molecule has 0 spiro atoms. The lowest BCUT2D eigenvalue weighted by Crippen LogP contribution is -2.39. The Morgan fingerprint density at radius 1 is 1.14 bits per heavy atom. The minimum absolute atomic E-state index is 0.227. The summed E-state index contributed by atoms with van der Waals surface area (Å²) in [7, 11) is 0. The number of benzene rings is 1. The van der Waals surface area contributed by atoms with E-state index in [2.05, 4.69) is 27.9 Å². The van der Waals surface area contributed by atoms with E-state index in [-0.39, 0.29) is 5.91 Å². The fraction of sp³-hybridized carbons (Fsp3) is 0.476. The first-order valence-corrected chi connectivity index (χ1v) is 10.1. The van der Waals surface area contributed by atoms with Gasteiger partial charge >= 0.3 is 0 Å². The molecule has 2 aromatic rings. The lowest BCUT2D eigenvalue weighted by molar-refractivity contribution is -0.129. The van der Waals surface area contributed by atoms with Crippen molar-refractivity contribution in [3.8, 4) is 0 Å². The number of carbonyl (C=O) groups excluding carboxylic acids is 1. The Balaban J connectivity index is 1.55. The van der Waals surface area contributed by atoms with Gasteiger partial charge in [-0.05, 0) is 37.0 Å². The molecule has 1 aromatic heterocycles. The Morgan fingerprint density at radius 3 is 2.64 bits per heavy atom. The van der Waals surface area contributed by atoms with Crippen LogP contribution >= 0.6 is 0 Å². The number of likely N-dealkylation sites (tertiary alicyclic amines) is 1. The van der Waals surface area contributed by atoms with E-state index in [0.29, 0.717) is 19.5 Å². The number of hydrogen-bond donors (Lipinski definition) is 2. The predicted molar refractivity (Wildman–Crippen MR) is 111 cm³/mol. The third-order valence-corrected chi connectivity index (χ3v) is 4.85.